The number of thiophene rings is 1. The molecule has 1 aliphatic rings. The van der Waals surface area contributed by atoms with E-state index in [2.05, 4.69) is 37.2 Å². The molecular formula is C13H9Br2NO2S. The number of halogens is 2. The van der Waals surface area contributed by atoms with Gasteiger partial charge in [0.1, 0.15) is 6.10 Å². The van der Waals surface area contributed by atoms with Gasteiger partial charge in [-0.15, -0.1) is 11.3 Å². The first-order valence-electron chi connectivity index (χ1n) is 5.60. The highest BCUT2D eigenvalue weighted by Crippen LogP contribution is 2.38. The third-order valence-electron chi connectivity index (χ3n) is 3.00. The Balaban J connectivity index is 1.94. The first kappa shape index (κ1) is 13.3. The number of anilines is 1. The van der Waals surface area contributed by atoms with Crippen molar-refractivity contribution >= 4 is 54.8 Å². The van der Waals surface area contributed by atoms with E-state index in [1.807, 2.05) is 24.3 Å². The van der Waals surface area contributed by atoms with Gasteiger partial charge in [-0.2, -0.15) is 0 Å². The van der Waals surface area contributed by atoms with Crippen molar-refractivity contribution in [2.24, 2.45) is 0 Å². The van der Waals surface area contributed by atoms with Gasteiger partial charge in [-0.25, -0.2) is 0 Å². The standard InChI is InChI=1S/C13H9Br2NO2S/c14-8-5-10(19-13(8)15)12(18)6-1-2-9-7(3-6)4-11(17)16-9/h1-3,5,12,18H,4H2,(H,16,17). The van der Waals surface area contributed by atoms with Crippen molar-refractivity contribution < 1.29 is 9.90 Å². The number of hydrogen-bond donors (Lipinski definition) is 2. The molecule has 98 valence electrons. The maximum atomic E-state index is 11.3. The highest BCUT2D eigenvalue weighted by Gasteiger charge is 2.21. The molecule has 1 aromatic heterocycles. The van der Waals surface area contributed by atoms with E-state index in [1.165, 1.54) is 11.3 Å². The van der Waals surface area contributed by atoms with Gasteiger partial charge in [0.25, 0.3) is 0 Å². The average Bonchev–Trinajstić information content (AvgIpc) is 2.90. The number of fused-ring (bicyclic) bond motifs is 1. The molecule has 3 nitrogen and oxygen atoms in total. The van der Waals surface area contributed by atoms with E-state index in [-0.39, 0.29) is 5.91 Å². The number of amides is 1. The molecule has 1 amide bonds. The van der Waals surface area contributed by atoms with Gasteiger partial charge < -0.3 is 10.4 Å². The molecule has 1 aromatic carbocycles. The fourth-order valence-electron chi connectivity index (χ4n) is 2.08. The molecule has 1 aliphatic heterocycles. The fraction of sp³-hybridized carbons (Fsp3) is 0.154. The van der Waals surface area contributed by atoms with E-state index in [0.29, 0.717) is 6.42 Å². The monoisotopic (exact) mass is 401 g/mol. The Labute approximate surface area is 130 Å². The van der Waals surface area contributed by atoms with E-state index in [1.54, 1.807) is 0 Å². The Morgan fingerprint density at radius 3 is 2.79 bits per heavy atom. The smallest absolute Gasteiger partial charge is 0.228 e. The molecular weight excluding hydrogens is 394 g/mol. The van der Waals surface area contributed by atoms with Crippen molar-refractivity contribution in [2.75, 3.05) is 5.32 Å². The minimum Gasteiger partial charge on any atom is -0.383 e. The van der Waals surface area contributed by atoms with E-state index >= 15 is 0 Å². The van der Waals surface area contributed by atoms with Crippen LogP contribution in [-0.2, 0) is 11.2 Å². The van der Waals surface area contributed by atoms with Crippen LogP contribution in [0.4, 0.5) is 5.69 Å². The quantitative estimate of drug-likeness (QED) is 0.801. The second kappa shape index (κ2) is 5.01. The summed E-state index contributed by atoms with van der Waals surface area (Å²) in [5, 5.41) is 13.2. The Hall–Kier alpha value is -0.690. The van der Waals surface area contributed by atoms with Crippen molar-refractivity contribution in [1.82, 2.24) is 0 Å². The predicted molar refractivity (Wildman–Crippen MR) is 82.6 cm³/mol. The summed E-state index contributed by atoms with van der Waals surface area (Å²) in [6, 6.07) is 7.47. The molecule has 2 N–H and O–H groups in total. The minimum atomic E-state index is -0.673. The minimum absolute atomic E-state index is 0.00301. The lowest BCUT2D eigenvalue weighted by Gasteiger charge is -2.10. The molecule has 1 atom stereocenters. The Bertz CT molecular complexity index is 649. The molecule has 0 fully saturated rings. The predicted octanol–water partition coefficient (Wildman–Crippen LogP) is 3.85. The third kappa shape index (κ3) is 2.50. The maximum Gasteiger partial charge on any atom is 0.228 e. The lowest BCUT2D eigenvalue weighted by atomic mass is 10.0. The van der Waals surface area contributed by atoms with E-state index in [4.69, 9.17) is 0 Å². The summed E-state index contributed by atoms with van der Waals surface area (Å²) in [5.74, 6) is 0.00301. The zero-order valence-corrected chi connectivity index (χ0v) is 13.6. The molecule has 0 saturated heterocycles. The fourth-order valence-corrected chi connectivity index (χ4v) is 4.19. The maximum absolute atomic E-state index is 11.3. The molecule has 2 aromatic rings. The lowest BCUT2D eigenvalue weighted by Crippen LogP contribution is -2.03. The summed E-state index contributed by atoms with van der Waals surface area (Å²) in [4.78, 5) is 12.2. The van der Waals surface area contributed by atoms with Crippen LogP contribution in [0.1, 0.15) is 22.1 Å². The van der Waals surface area contributed by atoms with Crippen molar-refractivity contribution in [2.45, 2.75) is 12.5 Å². The number of aliphatic hydroxyl groups is 1. The van der Waals surface area contributed by atoms with E-state index in [9.17, 15) is 9.90 Å². The summed E-state index contributed by atoms with van der Waals surface area (Å²) in [7, 11) is 0. The number of carbonyl (C=O) groups excluding carboxylic acids is 1. The van der Waals surface area contributed by atoms with Gasteiger partial charge in [0.15, 0.2) is 0 Å². The SMILES string of the molecule is O=C1Cc2cc(C(O)c3cc(Br)c(Br)s3)ccc2N1. The molecule has 2 heterocycles. The molecule has 1 unspecified atom stereocenters. The molecule has 0 aliphatic carbocycles. The molecule has 0 spiro atoms. The van der Waals surface area contributed by atoms with Crippen LogP contribution in [0, 0.1) is 0 Å². The number of hydrogen-bond acceptors (Lipinski definition) is 3. The number of carbonyl (C=O) groups is 1. The van der Waals surface area contributed by atoms with E-state index < -0.39 is 6.10 Å². The molecule has 0 saturated carbocycles. The summed E-state index contributed by atoms with van der Waals surface area (Å²) in [5.41, 5.74) is 2.59. The average molecular weight is 403 g/mol. The van der Waals surface area contributed by atoms with Crippen molar-refractivity contribution in [3.8, 4) is 0 Å². The van der Waals surface area contributed by atoms with Gasteiger partial charge in [0.05, 0.1) is 10.2 Å². The molecule has 3 rings (SSSR count). The van der Waals surface area contributed by atoms with Crippen LogP contribution in [0.25, 0.3) is 0 Å². The summed E-state index contributed by atoms with van der Waals surface area (Å²) in [6.07, 6.45) is -0.290. The van der Waals surface area contributed by atoms with Crippen LogP contribution in [0.5, 0.6) is 0 Å². The van der Waals surface area contributed by atoms with Gasteiger partial charge in [-0.05, 0) is 55.1 Å². The van der Waals surface area contributed by atoms with Crippen molar-refractivity contribution in [1.29, 1.82) is 0 Å². The summed E-state index contributed by atoms with van der Waals surface area (Å²) in [6.45, 7) is 0. The number of aliphatic hydroxyl groups excluding tert-OH is 1. The zero-order chi connectivity index (χ0) is 13.6. The Morgan fingerprint density at radius 1 is 1.32 bits per heavy atom. The van der Waals surface area contributed by atoms with Crippen molar-refractivity contribution in [3.05, 3.63) is 48.5 Å². The van der Waals surface area contributed by atoms with Gasteiger partial charge in [-0.1, -0.05) is 12.1 Å². The second-order valence-corrected chi connectivity index (χ2v) is 7.57. The first-order valence-corrected chi connectivity index (χ1v) is 8.00. The van der Waals surface area contributed by atoms with Crippen LogP contribution in [0.3, 0.4) is 0 Å². The number of nitrogens with one attached hydrogen (secondary N) is 1. The summed E-state index contributed by atoms with van der Waals surface area (Å²) < 4.78 is 1.89. The largest absolute Gasteiger partial charge is 0.383 e. The number of benzene rings is 1. The molecule has 19 heavy (non-hydrogen) atoms. The molecule has 0 bridgehead atoms. The van der Waals surface area contributed by atoms with Crippen molar-refractivity contribution in [3.63, 3.8) is 0 Å². The molecule has 0 radical (unpaired) electrons. The number of rotatable bonds is 2. The second-order valence-electron chi connectivity index (χ2n) is 4.31. The lowest BCUT2D eigenvalue weighted by molar-refractivity contribution is -0.115. The zero-order valence-electron chi connectivity index (χ0n) is 9.61. The third-order valence-corrected chi connectivity index (χ3v) is 6.31. The highest BCUT2D eigenvalue weighted by molar-refractivity contribution is 9.13. The Morgan fingerprint density at radius 2 is 2.11 bits per heavy atom. The topological polar surface area (TPSA) is 49.3 Å². The molecule has 6 heteroatoms. The summed E-state index contributed by atoms with van der Waals surface area (Å²) >= 11 is 8.32. The van der Waals surface area contributed by atoms with Gasteiger partial charge in [-0.3, -0.25) is 4.79 Å². The van der Waals surface area contributed by atoms with Crippen LogP contribution < -0.4 is 5.32 Å². The Kier molecular flexibility index (Phi) is 3.51. The highest BCUT2D eigenvalue weighted by atomic mass is 79.9. The van der Waals surface area contributed by atoms with Gasteiger partial charge >= 0.3 is 0 Å². The van der Waals surface area contributed by atoms with Crippen LogP contribution in [-0.4, -0.2) is 11.0 Å². The van der Waals surface area contributed by atoms with Crippen LogP contribution in [0.2, 0.25) is 0 Å². The van der Waals surface area contributed by atoms with Crippen LogP contribution in [0.15, 0.2) is 32.5 Å². The van der Waals surface area contributed by atoms with Crippen LogP contribution >= 0.6 is 43.2 Å². The first-order chi connectivity index (χ1) is 9.04. The van der Waals surface area contributed by atoms with E-state index in [0.717, 1.165) is 30.0 Å². The van der Waals surface area contributed by atoms with Gasteiger partial charge in [0, 0.05) is 15.0 Å². The normalized spacial score (nSPS) is 15.2. The van der Waals surface area contributed by atoms with Gasteiger partial charge in [0.2, 0.25) is 5.91 Å².